The number of carbonyl (C=O) groups is 3. The van der Waals surface area contributed by atoms with Gasteiger partial charge in [0.05, 0.1) is 0 Å². The van der Waals surface area contributed by atoms with Crippen LogP contribution >= 0.6 is 11.8 Å². The third-order valence-corrected chi connectivity index (χ3v) is 6.36. The standard InChI is InChI=1S/C21H21N3O3S/c22-10-13-4-6-14(7-5-13)12-28-18-3-1-2-15-16(18)11-24(21(15)27)17-8-9-19(25)23-20(17)26/h1-7,17H,8-12,22H2,(H,23,25,26). The Kier molecular flexibility index (Phi) is 5.19. The fourth-order valence-corrected chi connectivity index (χ4v) is 4.66. The van der Waals surface area contributed by atoms with Crippen LogP contribution in [0.25, 0.3) is 0 Å². The maximum Gasteiger partial charge on any atom is 0.255 e. The molecule has 7 heteroatoms. The van der Waals surface area contributed by atoms with E-state index in [4.69, 9.17) is 5.73 Å². The number of rotatable bonds is 5. The molecular weight excluding hydrogens is 374 g/mol. The van der Waals surface area contributed by atoms with E-state index in [1.165, 1.54) is 5.56 Å². The molecule has 2 aromatic carbocycles. The smallest absolute Gasteiger partial charge is 0.255 e. The van der Waals surface area contributed by atoms with Crippen molar-refractivity contribution in [3.05, 3.63) is 64.7 Å². The lowest BCUT2D eigenvalue weighted by Crippen LogP contribution is -2.52. The summed E-state index contributed by atoms with van der Waals surface area (Å²) in [4.78, 5) is 39.1. The van der Waals surface area contributed by atoms with Crippen LogP contribution in [0.2, 0.25) is 0 Å². The highest BCUT2D eigenvalue weighted by Gasteiger charge is 2.39. The first-order valence-corrected chi connectivity index (χ1v) is 10.2. The van der Waals surface area contributed by atoms with Gasteiger partial charge >= 0.3 is 0 Å². The lowest BCUT2D eigenvalue weighted by atomic mass is 10.0. The monoisotopic (exact) mass is 395 g/mol. The number of nitrogens with zero attached hydrogens (tertiary/aromatic N) is 1. The van der Waals surface area contributed by atoms with Gasteiger partial charge in [-0.3, -0.25) is 19.7 Å². The van der Waals surface area contributed by atoms with E-state index in [1.54, 1.807) is 16.7 Å². The fraction of sp³-hybridized carbons (Fsp3) is 0.286. The van der Waals surface area contributed by atoms with Crippen LogP contribution < -0.4 is 11.1 Å². The molecule has 2 aromatic rings. The molecule has 0 aromatic heterocycles. The van der Waals surface area contributed by atoms with Crippen molar-refractivity contribution in [2.24, 2.45) is 5.73 Å². The van der Waals surface area contributed by atoms with E-state index in [2.05, 4.69) is 17.4 Å². The number of nitrogens with one attached hydrogen (secondary N) is 1. The van der Waals surface area contributed by atoms with Gasteiger partial charge in [-0.2, -0.15) is 0 Å². The van der Waals surface area contributed by atoms with Gasteiger partial charge in [0.25, 0.3) is 5.91 Å². The second-order valence-electron chi connectivity index (χ2n) is 6.99. The molecule has 0 spiro atoms. The molecule has 1 unspecified atom stereocenters. The number of thioether (sulfide) groups is 1. The maximum absolute atomic E-state index is 12.9. The highest BCUT2D eigenvalue weighted by molar-refractivity contribution is 7.98. The van der Waals surface area contributed by atoms with Crippen molar-refractivity contribution >= 4 is 29.5 Å². The van der Waals surface area contributed by atoms with Crippen molar-refractivity contribution in [3.8, 4) is 0 Å². The van der Waals surface area contributed by atoms with Crippen molar-refractivity contribution in [2.45, 2.75) is 42.6 Å². The lowest BCUT2D eigenvalue weighted by Gasteiger charge is -2.29. The average molecular weight is 395 g/mol. The predicted octanol–water partition coefficient (Wildman–Crippen LogP) is 2.20. The van der Waals surface area contributed by atoms with Crippen LogP contribution in [0.3, 0.4) is 0 Å². The molecule has 1 atom stereocenters. The molecule has 4 rings (SSSR count). The summed E-state index contributed by atoms with van der Waals surface area (Å²) < 4.78 is 0. The number of fused-ring (bicyclic) bond motifs is 1. The number of amides is 3. The largest absolute Gasteiger partial charge is 0.326 e. The van der Waals surface area contributed by atoms with Gasteiger partial charge in [-0.15, -0.1) is 11.8 Å². The molecule has 144 valence electrons. The Bertz CT molecular complexity index is 942. The van der Waals surface area contributed by atoms with Crippen LogP contribution in [-0.4, -0.2) is 28.7 Å². The highest BCUT2D eigenvalue weighted by Crippen LogP contribution is 2.35. The zero-order chi connectivity index (χ0) is 19.7. The van der Waals surface area contributed by atoms with Crippen molar-refractivity contribution in [1.29, 1.82) is 0 Å². The quantitative estimate of drug-likeness (QED) is 0.598. The normalized spacial score (nSPS) is 19.0. The Morgan fingerprint density at radius 2 is 1.82 bits per heavy atom. The maximum atomic E-state index is 12.9. The van der Waals surface area contributed by atoms with Crippen LogP contribution in [0.5, 0.6) is 0 Å². The Morgan fingerprint density at radius 3 is 2.54 bits per heavy atom. The average Bonchev–Trinajstić information content (AvgIpc) is 3.04. The Labute approximate surface area is 167 Å². The number of carbonyl (C=O) groups excluding carboxylic acids is 3. The SMILES string of the molecule is NCc1ccc(CSc2cccc3c2CN(C2CCC(=O)NC2=O)C3=O)cc1. The molecule has 2 heterocycles. The third kappa shape index (κ3) is 3.55. The molecule has 0 aliphatic carbocycles. The number of benzene rings is 2. The van der Waals surface area contributed by atoms with Gasteiger partial charge in [-0.1, -0.05) is 30.3 Å². The number of imide groups is 1. The highest BCUT2D eigenvalue weighted by atomic mass is 32.2. The zero-order valence-corrected chi connectivity index (χ0v) is 16.1. The number of hydrogen-bond acceptors (Lipinski definition) is 5. The predicted molar refractivity (Wildman–Crippen MR) is 106 cm³/mol. The third-order valence-electron chi connectivity index (χ3n) is 5.19. The molecule has 1 fully saturated rings. The summed E-state index contributed by atoms with van der Waals surface area (Å²) in [5.74, 6) is -0.0124. The first-order valence-electron chi connectivity index (χ1n) is 9.24. The minimum absolute atomic E-state index is 0.140. The van der Waals surface area contributed by atoms with Crippen molar-refractivity contribution in [1.82, 2.24) is 10.2 Å². The molecule has 0 bridgehead atoms. The molecular formula is C21H21N3O3S. The number of nitrogens with two attached hydrogens (primary N) is 1. The summed E-state index contributed by atoms with van der Waals surface area (Å²) in [6.07, 6.45) is 0.636. The Balaban J connectivity index is 1.50. The molecule has 2 aliphatic rings. The van der Waals surface area contributed by atoms with Gasteiger partial charge in [0.2, 0.25) is 11.8 Å². The van der Waals surface area contributed by atoms with Gasteiger partial charge < -0.3 is 10.6 Å². The summed E-state index contributed by atoms with van der Waals surface area (Å²) >= 11 is 1.68. The van der Waals surface area contributed by atoms with E-state index in [-0.39, 0.29) is 24.1 Å². The van der Waals surface area contributed by atoms with Crippen molar-refractivity contribution in [2.75, 3.05) is 0 Å². The molecule has 0 saturated carbocycles. The second kappa shape index (κ2) is 7.77. The van der Waals surface area contributed by atoms with Crippen LogP contribution in [0.15, 0.2) is 47.4 Å². The van der Waals surface area contributed by atoms with Crippen LogP contribution in [0, 0.1) is 0 Å². The van der Waals surface area contributed by atoms with Gasteiger partial charge in [-0.05, 0) is 35.2 Å². The van der Waals surface area contributed by atoms with Gasteiger partial charge in [0.1, 0.15) is 6.04 Å². The van der Waals surface area contributed by atoms with Crippen molar-refractivity contribution < 1.29 is 14.4 Å². The van der Waals surface area contributed by atoms with E-state index < -0.39 is 6.04 Å². The number of hydrogen-bond donors (Lipinski definition) is 2. The van der Waals surface area contributed by atoms with E-state index in [9.17, 15) is 14.4 Å². The summed E-state index contributed by atoms with van der Waals surface area (Å²) in [5.41, 5.74) is 9.53. The Hall–Kier alpha value is -2.64. The molecule has 2 aliphatic heterocycles. The minimum Gasteiger partial charge on any atom is -0.326 e. The van der Waals surface area contributed by atoms with Gasteiger partial charge in [-0.25, -0.2) is 0 Å². The summed E-state index contributed by atoms with van der Waals surface area (Å²) in [6.45, 7) is 0.924. The van der Waals surface area contributed by atoms with Crippen LogP contribution in [0.4, 0.5) is 0 Å². The van der Waals surface area contributed by atoms with E-state index >= 15 is 0 Å². The minimum atomic E-state index is -0.584. The van der Waals surface area contributed by atoms with Crippen LogP contribution in [0.1, 0.15) is 39.9 Å². The summed E-state index contributed by atoms with van der Waals surface area (Å²) in [7, 11) is 0. The molecule has 1 saturated heterocycles. The summed E-state index contributed by atoms with van der Waals surface area (Å²) in [5, 5.41) is 2.34. The lowest BCUT2D eigenvalue weighted by molar-refractivity contribution is -0.136. The van der Waals surface area contributed by atoms with Gasteiger partial charge in [0.15, 0.2) is 0 Å². The second-order valence-corrected chi connectivity index (χ2v) is 8.01. The molecule has 28 heavy (non-hydrogen) atoms. The fourth-order valence-electron chi connectivity index (χ4n) is 3.63. The van der Waals surface area contributed by atoms with Gasteiger partial charge in [0, 0.05) is 35.7 Å². The molecule has 3 amide bonds. The van der Waals surface area contributed by atoms with Crippen molar-refractivity contribution in [3.63, 3.8) is 0 Å². The summed E-state index contributed by atoms with van der Waals surface area (Å²) in [6, 6.07) is 13.3. The number of piperidine rings is 1. The first-order chi connectivity index (χ1) is 13.6. The Morgan fingerprint density at radius 1 is 1.07 bits per heavy atom. The van der Waals surface area contributed by atoms with Crippen LogP contribution in [-0.2, 0) is 28.4 Å². The zero-order valence-electron chi connectivity index (χ0n) is 15.3. The molecule has 3 N–H and O–H groups in total. The topological polar surface area (TPSA) is 92.5 Å². The van der Waals surface area contributed by atoms with E-state index in [0.29, 0.717) is 25.1 Å². The molecule has 0 radical (unpaired) electrons. The molecule has 6 nitrogen and oxygen atoms in total. The van der Waals surface area contributed by atoms with E-state index in [0.717, 1.165) is 21.8 Å². The first kappa shape index (κ1) is 18.7. The van der Waals surface area contributed by atoms with E-state index in [1.807, 2.05) is 30.3 Å².